The monoisotopic (exact) mass is 338 g/mol. The van der Waals surface area contributed by atoms with Gasteiger partial charge in [0, 0.05) is 22.3 Å². The molecule has 0 bridgehead atoms. The molecule has 4 nitrogen and oxygen atoms in total. The van der Waals surface area contributed by atoms with Gasteiger partial charge in [0.05, 0.1) is 0 Å². The van der Waals surface area contributed by atoms with Gasteiger partial charge < -0.3 is 0 Å². The van der Waals surface area contributed by atoms with Crippen molar-refractivity contribution in [2.75, 3.05) is 5.32 Å². The smallest absolute Gasteiger partial charge is 0.257 e. The number of halogens is 1. The fourth-order valence-corrected chi connectivity index (χ4v) is 2.62. The van der Waals surface area contributed by atoms with Gasteiger partial charge in [0.2, 0.25) is 0 Å². The van der Waals surface area contributed by atoms with Crippen molar-refractivity contribution in [2.45, 2.75) is 13.8 Å². The van der Waals surface area contributed by atoms with E-state index in [0.717, 1.165) is 10.0 Å². The summed E-state index contributed by atoms with van der Waals surface area (Å²) >= 11 is 4.62. The molecular formula is C13H11BrN2O2S. The average molecular weight is 339 g/mol. The number of aromatic nitrogens is 1. The number of Topliss-reactive ketones (excluding diaryl/α,β-unsaturated/α-hetero) is 1. The highest BCUT2D eigenvalue weighted by atomic mass is 79.9. The number of carbonyl (C=O) groups excluding carboxylic acids is 2. The molecule has 0 saturated heterocycles. The van der Waals surface area contributed by atoms with Gasteiger partial charge in [-0.1, -0.05) is 22.0 Å². The van der Waals surface area contributed by atoms with Crippen LogP contribution in [0, 0.1) is 6.92 Å². The molecule has 0 radical (unpaired) electrons. The SMILES string of the molecule is CC(=O)c1csc(NC(=O)c2cccc(Br)c2C)n1. The number of nitrogens with zero attached hydrogens (tertiary/aromatic N) is 1. The Morgan fingerprint density at radius 3 is 2.74 bits per heavy atom. The minimum Gasteiger partial charge on any atom is -0.298 e. The van der Waals surface area contributed by atoms with Crippen LogP contribution >= 0.6 is 27.3 Å². The van der Waals surface area contributed by atoms with Gasteiger partial charge in [-0.2, -0.15) is 0 Å². The van der Waals surface area contributed by atoms with Crippen molar-refractivity contribution in [1.29, 1.82) is 0 Å². The predicted molar refractivity (Wildman–Crippen MR) is 79.0 cm³/mol. The first-order valence-electron chi connectivity index (χ1n) is 5.52. The second-order valence-electron chi connectivity index (χ2n) is 3.96. The van der Waals surface area contributed by atoms with Crippen LogP contribution in [0.4, 0.5) is 5.13 Å². The number of anilines is 1. The van der Waals surface area contributed by atoms with Crippen molar-refractivity contribution in [3.63, 3.8) is 0 Å². The van der Waals surface area contributed by atoms with Crippen molar-refractivity contribution >= 4 is 44.1 Å². The van der Waals surface area contributed by atoms with E-state index < -0.39 is 0 Å². The summed E-state index contributed by atoms with van der Waals surface area (Å²) in [6, 6.07) is 5.42. The largest absolute Gasteiger partial charge is 0.298 e. The zero-order chi connectivity index (χ0) is 14.0. The van der Waals surface area contributed by atoms with Gasteiger partial charge in [-0.3, -0.25) is 14.9 Å². The Bertz CT molecular complexity index is 652. The van der Waals surface area contributed by atoms with E-state index in [1.54, 1.807) is 17.5 Å². The summed E-state index contributed by atoms with van der Waals surface area (Å²) in [4.78, 5) is 27.3. The molecule has 0 fully saturated rings. The van der Waals surface area contributed by atoms with Crippen LogP contribution in [0.2, 0.25) is 0 Å². The maximum absolute atomic E-state index is 12.1. The number of benzene rings is 1. The highest BCUT2D eigenvalue weighted by Crippen LogP contribution is 2.22. The molecule has 98 valence electrons. The molecule has 0 unspecified atom stereocenters. The van der Waals surface area contributed by atoms with Crippen LogP contribution < -0.4 is 5.32 Å². The fourth-order valence-electron chi connectivity index (χ4n) is 1.51. The van der Waals surface area contributed by atoms with E-state index in [4.69, 9.17) is 0 Å². The molecule has 0 saturated carbocycles. The van der Waals surface area contributed by atoms with Crippen LogP contribution in [0.3, 0.4) is 0 Å². The third-order valence-corrected chi connectivity index (χ3v) is 4.21. The van der Waals surface area contributed by atoms with Gasteiger partial charge in [0.25, 0.3) is 5.91 Å². The van der Waals surface area contributed by atoms with Crippen molar-refractivity contribution < 1.29 is 9.59 Å². The molecular weight excluding hydrogens is 328 g/mol. The van der Waals surface area contributed by atoms with E-state index in [9.17, 15) is 9.59 Å². The van der Waals surface area contributed by atoms with E-state index in [1.165, 1.54) is 18.3 Å². The van der Waals surface area contributed by atoms with Crippen molar-refractivity contribution in [3.05, 3.63) is 44.9 Å². The quantitative estimate of drug-likeness (QED) is 0.868. The van der Waals surface area contributed by atoms with Crippen LogP contribution in [0.25, 0.3) is 0 Å². The Morgan fingerprint density at radius 1 is 1.37 bits per heavy atom. The van der Waals surface area contributed by atoms with Gasteiger partial charge in [-0.15, -0.1) is 11.3 Å². The Kier molecular flexibility index (Phi) is 4.11. The van der Waals surface area contributed by atoms with Crippen LogP contribution in [0.15, 0.2) is 28.1 Å². The molecule has 1 N–H and O–H groups in total. The van der Waals surface area contributed by atoms with E-state index in [0.29, 0.717) is 16.4 Å². The Hall–Kier alpha value is -1.53. The highest BCUT2D eigenvalue weighted by Gasteiger charge is 2.13. The lowest BCUT2D eigenvalue weighted by Crippen LogP contribution is -2.13. The Labute approximate surface area is 123 Å². The van der Waals surface area contributed by atoms with Crippen LogP contribution in [0.1, 0.15) is 33.3 Å². The van der Waals surface area contributed by atoms with E-state index in [-0.39, 0.29) is 11.7 Å². The van der Waals surface area contributed by atoms with E-state index in [2.05, 4.69) is 26.2 Å². The Morgan fingerprint density at radius 2 is 2.11 bits per heavy atom. The van der Waals surface area contributed by atoms with Crippen molar-refractivity contribution in [1.82, 2.24) is 4.98 Å². The van der Waals surface area contributed by atoms with Crippen LogP contribution in [-0.2, 0) is 0 Å². The molecule has 0 atom stereocenters. The standard InChI is InChI=1S/C13H11BrN2O2S/c1-7-9(4-3-5-10(7)14)12(18)16-13-15-11(6-19-13)8(2)17/h3-6H,1-2H3,(H,15,16,18). The summed E-state index contributed by atoms with van der Waals surface area (Å²) in [5.41, 5.74) is 1.81. The van der Waals surface area contributed by atoms with E-state index in [1.807, 2.05) is 13.0 Å². The molecule has 0 spiro atoms. The number of nitrogens with one attached hydrogen (secondary N) is 1. The lowest BCUT2D eigenvalue weighted by atomic mass is 10.1. The molecule has 1 aromatic carbocycles. The van der Waals surface area contributed by atoms with Gasteiger partial charge in [0.15, 0.2) is 10.9 Å². The third-order valence-electron chi connectivity index (χ3n) is 2.60. The Balaban J connectivity index is 2.21. The number of hydrogen-bond donors (Lipinski definition) is 1. The summed E-state index contributed by atoms with van der Waals surface area (Å²) in [6.07, 6.45) is 0. The summed E-state index contributed by atoms with van der Waals surface area (Å²) in [6.45, 7) is 3.31. The van der Waals surface area contributed by atoms with E-state index >= 15 is 0 Å². The first-order chi connectivity index (χ1) is 8.99. The van der Waals surface area contributed by atoms with Crippen molar-refractivity contribution in [3.8, 4) is 0 Å². The lowest BCUT2D eigenvalue weighted by molar-refractivity contribution is 0.100. The molecule has 0 aliphatic rings. The molecule has 1 amide bonds. The summed E-state index contributed by atoms with van der Waals surface area (Å²) in [5, 5.41) is 4.75. The van der Waals surface area contributed by atoms with Gasteiger partial charge in [0.1, 0.15) is 5.69 Å². The molecule has 1 aromatic heterocycles. The first kappa shape index (κ1) is 13.9. The lowest BCUT2D eigenvalue weighted by Gasteiger charge is -2.06. The minimum atomic E-state index is -0.233. The molecule has 2 aromatic rings. The maximum atomic E-state index is 12.1. The number of ketones is 1. The molecule has 0 aliphatic heterocycles. The van der Waals surface area contributed by atoms with Crippen molar-refractivity contribution in [2.24, 2.45) is 0 Å². The third kappa shape index (κ3) is 3.08. The predicted octanol–water partition coefficient (Wildman–Crippen LogP) is 3.67. The second kappa shape index (κ2) is 5.63. The average Bonchev–Trinajstić information content (AvgIpc) is 2.81. The molecule has 6 heteroatoms. The fraction of sp³-hybridized carbons (Fsp3) is 0.154. The summed E-state index contributed by atoms with van der Waals surface area (Å²) in [7, 11) is 0. The number of hydrogen-bond acceptors (Lipinski definition) is 4. The number of thiazole rings is 1. The zero-order valence-electron chi connectivity index (χ0n) is 10.4. The molecule has 0 aliphatic carbocycles. The normalized spacial score (nSPS) is 10.3. The van der Waals surface area contributed by atoms with Gasteiger partial charge in [-0.25, -0.2) is 4.98 Å². The zero-order valence-corrected chi connectivity index (χ0v) is 12.8. The van der Waals surface area contributed by atoms with Gasteiger partial charge >= 0.3 is 0 Å². The second-order valence-corrected chi connectivity index (χ2v) is 5.67. The highest BCUT2D eigenvalue weighted by molar-refractivity contribution is 9.10. The molecule has 2 rings (SSSR count). The topological polar surface area (TPSA) is 59.1 Å². The molecule has 1 heterocycles. The maximum Gasteiger partial charge on any atom is 0.257 e. The van der Waals surface area contributed by atoms with Crippen LogP contribution in [0.5, 0.6) is 0 Å². The minimum absolute atomic E-state index is 0.115. The summed E-state index contributed by atoms with van der Waals surface area (Å²) < 4.78 is 0.878. The number of rotatable bonds is 3. The van der Waals surface area contributed by atoms with Gasteiger partial charge in [-0.05, 0) is 24.6 Å². The molecule has 19 heavy (non-hydrogen) atoms. The summed E-state index contributed by atoms with van der Waals surface area (Å²) in [5.74, 6) is -0.348. The number of amides is 1. The number of carbonyl (C=O) groups is 2. The van der Waals surface area contributed by atoms with Crippen LogP contribution in [-0.4, -0.2) is 16.7 Å². The first-order valence-corrected chi connectivity index (χ1v) is 7.19.